The lowest BCUT2D eigenvalue weighted by Crippen LogP contribution is -2.42. The van der Waals surface area contributed by atoms with Crippen LogP contribution in [0.3, 0.4) is 0 Å². The smallest absolute Gasteiger partial charge is 0.286 e. The van der Waals surface area contributed by atoms with Gasteiger partial charge in [0.05, 0.1) is 6.61 Å². The number of carbonyl (C=O) groups is 2. The average Bonchev–Trinajstić information content (AvgIpc) is 2.92. The third-order valence-corrected chi connectivity index (χ3v) is 2.94. The molecule has 0 saturated carbocycles. The molecule has 110 valence electrons. The Morgan fingerprint density at radius 1 is 1.38 bits per heavy atom. The Balaban J connectivity index is 2.00. The summed E-state index contributed by atoms with van der Waals surface area (Å²) in [6.07, 6.45) is 3.14. The zero-order valence-electron chi connectivity index (χ0n) is 11.1. The number of nitrogens with one attached hydrogen (secondary N) is 3. The fraction of sp³-hybridized carbons (Fsp3) is 0.154. The van der Waals surface area contributed by atoms with Crippen LogP contribution < -0.4 is 15.6 Å². The largest absolute Gasteiger partial charge is 0.477 e. The summed E-state index contributed by atoms with van der Waals surface area (Å²) in [7, 11) is 0. The maximum absolute atomic E-state index is 12.0. The maximum Gasteiger partial charge on any atom is 0.286 e. The summed E-state index contributed by atoms with van der Waals surface area (Å²) in [6, 6.07) is 4.77. The van der Waals surface area contributed by atoms with Crippen molar-refractivity contribution < 1.29 is 14.3 Å². The van der Waals surface area contributed by atoms with Crippen molar-refractivity contribution in [2.75, 3.05) is 6.61 Å². The Hall–Kier alpha value is -2.35. The molecule has 0 spiro atoms. The first-order valence-corrected chi connectivity index (χ1v) is 6.93. The summed E-state index contributed by atoms with van der Waals surface area (Å²) in [5.41, 5.74) is 5.18. The number of hydrogen-bond donors (Lipinski definition) is 3. The maximum atomic E-state index is 12.0. The molecule has 2 heterocycles. The number of hydrogen-bond acceptors (Lipinski definition) is 4. The van der Waals surface area contributed by atoms with Crippen LogP contribution in [0.5, 0.6) is 5.88 Å². The van der Waals surface area contributed by atoms with Gasteiger partial charge in [-0.3, -0.25) is 20.4 Å². The molecule has 0 fully saturated rings. The van der Waals surface area contributed by atoms with Crippen LogP contribution in [0.15, 0.2) is 35.1 Å². The standard InChI is InChI=1S/C13H13BrN4O3/c1-2-21-13-9(4-3-5-15-13)11(19)17-18-12(20)10-6-8(14)7-16-10/h3-7,16H,2H2,1H3,(H,17,19)(H,18,20). The van der Waals surface area contributed by atoms with Gasteiger partial charge >= 0.3 is 0 Å². The number of H-pyrrole nitrogens is 1. The van der Waals surface area contributed by atoms with Gasteiger partial charge in [-0.1, -0.05) is 0 Å². The Bertz CT molecular complexity index is 656. The van der Waals surface area contributed by atoms with Gasteiger partial charge in [-0.15, -0.1) is 0 Å². The van der Waals surface area contributed by atoms with E-state index < -0.39 is 11.8 Å². The first-order chi connectivity index (χ1) is 10.1. The van der Waals surface area contributed by atoms with Crippen molar-refractivity contribution in [2.45, 2.75) is 6.92 Å². The van der Waals surface area contributed by atoms with Gasteiger partial charge in [-0.25, -0.2) is 4.98 Å². The lowest BCUT2D eigenvalue weighted by molar-refractivity contribution is 0.0841. The van der Waals surface area contributed by atoms with Crippen molar-refractivity contribution in [2.24, 2.45) is 0 Å². The lowest BCUT2D eigenvalue weighted by atomic mass is 10.2. The van der Waals surface area contributed by atoms with Crippen LogP contribution in [-0.2, 0) is 0 Å². The number of aromatic amines is 1. The van der Waals surface area contributed by atoms with Crippen LogP contribution in [0.1, 0.15) is 27.8 Å². The summed E-state index contributed by atoms with van der Waals surface area (Å²) in [5.74, 6) is -0.754. The van der Waals surface area contributed by atoms with Gasteiger partial charge in [0, 0.05) is 16.9 Å². The molecule has 0 saturated heterocycles. The third-order valence-electron chi connectivity index (χ3n) is 2.48. The van der Waals surface area contributed by atoms with Gasteiger partial charge in [0.15, 0.2) is 0 Å². The summed E-state index contributed by atoms with van der Waals surface area (Å²) in [6.45, 7) is 2.18. The van der Waals surface area contributed by atoms with Crippen molar-refractivity contribution in [3.8, 4) is 5.88 Å². The Morgan fingerprint density at radius 2 is 2.14 bits per heavy atom. The van der Waals surface area contributed by atoms with E-state index in [0.717, 1.165) is 4.47 Å². The second-order valence-electron chi connectivity index (χ2n) is 3.93. The minimum atomic E-state index is -0.509. The summed E-state index contributed by atoms with van der Waals surface area (Å²) in [5, 5.41) is 0. The minimum absolute atomic E-state index is 0.217. The van der Waals surface area contributed by atoms with Crippen molar-refractivity contribution in [1.29, 1.82) is 0 Å². The number of amides is 2. The van der Waals surface area contributed by atoms with Gasteiger partial charge in [0.2, 0.25) is 5.88 Å². The van der Waals surface area contributed by atoms with Crippen LogP contribution in [0, 0.1) is 0 Å². The third kappa shape index (κ3) is 3.82. The molecule has 0 bridgehead atoms. The second kappa shape index (κ2) is 6.89. The van der Waals surface area contributed by atoms with E-state index in [1.165, 1.54) is 6.20 Å². The molecule has 0 aliphatic carbocycles. The molecule has 2 aromatic heterocycles. The zero-order valence-corrected chi connectivity index (χ0v) is 12.7. The lowest BCUT2D eigenvalue weighted by Gasteiger charge is -2.09. The van der Waals surface area contributed by atoms with Crippen molar-refractivity contribution in [3.05, 3.63) is 46.3 Å². The molecule has 2 aromatic rings. The molecule has 21 heavy (non-hydrogen) atoms. The number of pyridine rings is 1. The highest BCUT2D eigenvalue weighted by atomic mass is 79.9. The number of halogens is 1. The van der Waals surface area contributed by atoms with Gasteiger partial charge in [-0.05, 0) is 41.1 Å². The molecule has 2 amide bonds. The molecule has 3 N–H and O–H groups in total. The number of aromatic nitrogens is 2. The Labute approximate surface area is 129 Å². The Kier molecular flexibility index (Phi) is 4.94. The van der Waals surface area contributed by atoms with E-state index in [0.29, 0.717) is 12.3 Å². The van der Waals surface area contributed by atoms with Crippen LogP contribution in [-0.4, -0.2) is 28.4 Å². The molecule has 8 heteroatoms. The highest BCUT2D eigenvalue weighted by molar-refractivity contribution is 9.10. The molecule has 0 aromatic carbocycles. The highest BCUT2D eigenvalue weighted by Crippen LogP contribution is 2.13. The molecule has 0 unspecified atom stereocenters. The molecule has 2 rings (SSSR count). The summed E-state index contributed by atoms with van der Waals surface area (Å²) >= 11 is 3.22. The summed E-state index contributed by atoms with van der Waals surface area (Å²) < 4.78 is 6.00. The second-order valence-corrected chi connectivity index (χ2v) is 4.84. The number of rotatable bonds is 4. The predicted molar refractivity (Wildman–Crippen MR) is 78.8 cm³/mol. The molecule has 0 atom stereocenters. The molecular weight excluding hydrogens is 340 g/mol. The van der Waals surface area contributed by atoms with Crippen molar-refractivity contribution in [1.82, 2.24) is 20.8 Å². The van der Waals surface area contributed by atoms with Crippen molar-refractivity contribution >= 4 is 27.7 Å². The number of ether oxygens (including phenoxy) is 1. The normalized spacial score (nSPS) is 10.0. The molecule has 7 nitrogen and oxygen atoms in total. The van der Waals surface area contributed by atoms with E-state index in [-0.39, 0.29) is 11.4 Å². The first kappa shape index (κ1) is 15.0. The fourth-order valence-corrected chi connectivity index (χ4v) is 1.91. The zero-order chi connectivity index (χ0) is 15.2. The van der Waals surface area contributed by atoms with Crippen LogP contribution >= 0.6 is 15.9 Å². The summed E-state index contributed by atoms with van der Waals surface area (Å²) in [4.78, 5) is 30.5. The SMILES string of the molecule is CCOc1ncccc1C(=O)NNC(=O)c1cc(Br)c[nH]1. The molecular formula is C13H13BrN4O3. The quantitative estimate of drug-likeness (QED) is 0.729. The first-order valence-electron chi connectivity index (χ1n) is 6.14. The monoisotopic (exact) mass is 352 g/mol. The molecule has 0 aliphatic rings. The van der Waals surface area contributed by atoms with E-state index in [1.807, 2.05) is 0 Å². The van der Waals surface area contributed by atoms with E-state index in [4.69, 9.17) is 4.74 Å². The van der Waals surface area contributed by atoms with Crippen LogP contribution in [0.2, 0.25) is 0 Å². The van der Waals surface area contributed by atoms with Gasteiger partial charge in [-0.2, -0.15) is 0 Å². The van der Waals surface area contributed by atoms with E-state index in [2.05, 4.69) is 36.7 Å². The molecule has 0 radical (unpaired) electrons. The van der Waals surface area contributed by atoms with E-state index >= 15 is 0 Å². The topological polar surface area (TPSA) is 96.1 Å². The number of nitrogens with zero attached hydrogens (tertiary/aromatic N) is 1. The van der Waals surface area contributed by atoms with E-state index in [1.54, 1.807) is 31.3 Å². The number of carbonyl (C=O) groups excluding carboxylic acids is 2. The average molecular weight is 353 g/mol. The van der Waals surface area contributed by atoms with Gasteiger partial charge in [0.25, 0.3) is 11.8 Å². The van der Waals surface area contributed by atoms with Gasteiger partial charge < -0.3 is 9.72 Å². The highest BCUT2D eigenvalue weighted by Gasteiger charge is 2.15. The fourth-order valence-electron chi connectivity index (χ4n) is 1.56. The van der Waals surface area contributed by atoms with Gasteiger partial charge in [0.1, 0.15) is 11.3 Å². The van der Waals surface area contributed by atoms with E-state index in [9.17, 15) is 9.59 Å². The number of hydrazine groups is 1. The molecule has 0 aliphatic heterocycles. The van der Waals surface area contributed by atoms with Crippen LogP contribution in [0.4, 0.5) is 0 Å². The Morgan fingerprint density at radius 3 is 2.81 bits per heavy atom. The minimum Gasteiger partial charge on any atom is -0.477 e. The predicted octanol–water partition coefficient (Wildman–Crippen LogP) is 1.65. The van der Waals surface area contributed by atoms with Crippen molar-refractivity contribution in [3.63, 3.8) is 0 Å². The van der Waals surface area contributed by atoms with Crippen LogP contribution in [0.25, 0.3) is 0 Å².